The van der Waals surface area contributed by atoms with Gasteiger partial charge in [0.2, 0.25) is 0 Å². The van der Waals surface area contributed by atoms with Gasteiger partial charge in [0.15, 0.2) is 0 Å². The van der Waals surface area contributed by atoms with Crippen molar-refractivity contribution in [2.24, 2.45) is 0 Å². The van der Waals surface area contributed by atoms with Crippen molar-refractivity contribution in [2.75, 3.05) is 27.2 Å². The molecule has 0 spiro atoms. The molecule has 112 valence electrons. The fourth-order valence-electron chi connectivity index (χ4n) is 1.25. The number of rotatable bonds is 8. The molecule has 0 aromatic rings. The summed E-state index contributed by atoms with van der Waals surface area (Å²) in [6, 6.07) is 0. The molecule has 2 nitrogen and oxygen atoms in total. The molecular weight excluding hydrogens is 323 g/mol. The van der Waals surface area contributed by atoms with Crippen LogP contribution in [0.3, 0.4) is 0 Å². The van der Waals surface area contributed by atoms with Gasteiger partial charge in [-0.15, -0.1) is 26.2 Å². The van der Waals surface area contributed by atoms with Crippen LogP contribution in [-0.2, 0) is 23.2 Å². The van der Waals surface area contributed by atoms with E-state index in [1.807, 2.05) is 26.2 Å². The Morgan fingerprint density at radius 1 is 1.15 bits per heavy atom. The molecule has 0 atom stereocenters. The third-order valence-corrected chi connectivity index (χ3v) is 5.19. The van der Waals surface area contributed by atoms with Gasteiger partial charge in [-0.25, -0.2) is 0 Å². The molecule has 0 unspecified atom stereocenters. The Kier molecular flexibility index (Phi) is 23.2. The van der Waals surface area contributed by atoms with E-state index < -0.39 is 0 Å². The second-order valence-corrected chi connectivity index (χ2v) is 8.27. The Bertz CT molecular complexity index is 258. The first kappa shape index (κ1) is 22.1. The third kappa shape index (κ3) is 20.1. The zero-order valence-electron chi connectivity index (χ0n) is 13.4. The molecule has 0 bridgehead atoms. The zero-order chi connectivity index (χ0) is 15.5. The van der Waals surface area contributed by atoms with Gasteiger partial charge < -0.3 is 10.6 Å². The molecule has 20 heavy (non-hydrogen) atoms. The van der Waals surface area contributed by atoms with Gasteiger partial charge in [-0.2, -0.15) is 14.1 Å². The van der Waals surface area contributed by atoms with E-state index in [0.717, 1.165) is 25.9 Å². The Morgan fingerprint density at radius 2 is 1.70 bits per heavy atom. The van der Waals surface area contributed by atoms with Crippen LogP contribution in [-0.4, -0.2) is 27.2 Å². The summed E-state index contributed by atoms with van der Waals surface area (Å²) in [6.45, 7) is 11.2. The van der Waals surface area contributed by atoms with E-state index in [1.165, 1.54) is 10.5 Å². The molecule has 1 aliphatic carbocycles. The quantitative estimate of drug-likeness (QED) is 0.408. The summed E-state index contributed by atoms with van der Waals surface area (Å²) in [6.07, 6.45) is 13.8. The summed E-state index contributed by atoms with van der Waals surface area (Å²) in [4.78, 5) is 0. The van der Waals surface area contributed by atoms with E-state index in [9.17, 15) is 0 Å². The summed E-state index contributed by atoms with van der Waals surface area (Å²) in [5.74, 6) is 0. The summed E-state index contributed by atoms with van der Waals surface area (Å²) < 4.78 is 3.22. The van der Waals surface area contributed by atoms with Crippen molar-refractivity contribution >= 4 is 0 Å². The molecule has 0 radical (unpaired) electrons. The molecule has 0 saturated carbocycles. The van der Waals surface area contributed by atoms with Gasteiger partial charge in [-0.05, 0) is 0 Å². The van der Waals surface area contributed by atoms with Crippen LogP contribution in [0.25, 0.3) is 10.6 Å². The van der Waals surface area contributed by atoms with E-state index >= 15 is 0 Å². The topological polar surface area (TPSA) is 28.2 Å². The molecule has 1 rings (SSSR count). The fraction of sp³-hybridized carbons (Fsp3) is 0.529. The molecule has 0 saturated heterocycles. The molecule has 0 heterocycles. The normalized spacial score (nSPS) is 11.2. The van der Waals surface area contributed by atoms with Gasteiger partial charge in [0.05, 0.1) is 0 Å². The second-order valence-electron chi connectivity index (χ2n) is 4.09. The van der Waals surface area contributed by atoms with Gasteiger partial charge in [-0.1, -0.05) is 25.0 Å². The van der Waals surface area contributed by atoms with Crippen LogP contribution < -0.4 is 0 Å². The first-order chi connectivity index (χ1) is 9.76. The van der Waals surface area contributed by atoms with Gasteiger partial charge >= 0.3 is 62.2 Å². The Morgan fingerprint density at radius 3 is 1.95 bits per heavy atom. The first-order valence-electron chi connectivity index (χ1n) is 7.19. The molecular formula is C17H30N2Zr. The maximum atomic E-state index is 3.85. The van der Waals surface area contributed by atoms with Crippen molar-refractivity contribution in [1.82, 2.24) is 0 Å². The SMILES string of the molecule is C=CCC[N-]C.C=CCC[N-]C.C[CH2][Zr+2][C]1=CC=CC1. The number of hydrogen-bond donors (Lipinski definition) is 0. The Balaban J connectivity index is 0. The minimum atomic E-state index is -0.0469. The van der Waals surface area contributed by atoms with Crippen LogP contribution in [0.1, 0.15) is 26.2 Å². The van der Waals surface area contributed by atoms with Crippen LogP contribution >= 0.6 is 0 Å². The molecule has 1 aliphatic rings. The van der Waals surface area contributed by atoms with E-state index in [2.05, 4.69) is 48.9 Å². The van der Waals surface area contributed by atoms with Crippen LogP contribution in [0.15, 0.2) is 46.8 Å². The minimum absolute atomic E-state index is 0.0469. The van der Waals surface area contributed by atoms with Gasteiger partial charge in [0, 0.05) is 0 Å². The Labute approximate surface area is 138 Å². The zero-order valence-corrected chi connectivity index (χ0v) is 15.9. The maximum absolute atomic E-state index is 3.85. The molecule has 0 N–H and O–H groups in total. The monoisotopic (exact) mass is 352 g/mol. The predicted octanol–water partition coefficient (Wildman–Crippen LogP) is 5.48. The molecule has 3 heteroatoms. The second kappa shape index (κ2) is 21.1. The van der Waals surface area contributed by atoms with Crippen LogP contribution in [0.5, 0.6) is 0 Å². The van der Waals surface area contributed by atoms with E-state index in [-0.39, 0.29) is 23.2 Å². The average molecular weight is 354 g/mol. The molecule has 0 fully saturated rings. The van der Waals surface area contributed by atoms with E-state index in [1.54, 1.807) is 3.28 Å². The standard InChI is InChI=1S/2C5H10N.C5H5.C2H5.Zr/c2*1-3-4-5-6-2;1-2-4-5-3-1;1-2;/h2*3H,1,4-5H2,2H3;1-3H,4H2;1H2,2H3;/q2*-1;;;+2. The van der Waals surface area contributed by atoms with Gasteiger partial charge in [0.25, 0.3) is 0 Å². The van der Waals surface area contributed by atoms with Crippen molar-refractivity contribution in [3.8, 4) is 0 Å². The van der Waals surface area contributed by atoms with Crippen molar-refractivity contribution in [3.05, 3.63) is 57.5 Å². The predicted molar refractivity (Wildman–Crippen MR) is 90.2 cm³/mol. The summed E-state index contributed by atoms with van der Waals surface area (Å²) in [5, 5.41) is 7.71. The molecule has 0 aromatic carbocycles. The van der Waals surface area contributed by atoms with Crippen molar-refractivity contribution in [1.29, 1.82) is 0 Å². The Hall–Kier alpha value is -0.237. The van der Waals surface area contributed by atoms with Gasteiger partial charge in [-0.3, -0.25) is 0 Å². The number of hydrogen-bond acceptors (Lipinski definition) is 0. The first-order valence-corrected chi connectivity index (χ1v) is 10.2. The summed E-state index contributed by atoms with van der Waals surface area (Å²) in [5.41, 5.74) is 0. The van der Waals surface area contributed by atoms with E-state index in [0.29, 0.717) is 0 Å². The number of nitrogens with zero attached hydrogens (tertiary/aromatic N) is 2. The third-order valence-electron chi connectivity index (χ3n) is 2.29. The summed E-state index contributed by atoms with van der Waals surface area (Å²) >= 11 is -0.0469. The van der Waals surface area contributed by atoms with Crippen LogP contribution in [0.4, 0.5) is 0 Å². The van der Waals surface area contributed by atoms with Crippen molar-refractivity contribution in [3.63, 3.8) is 0 Å². The van der Waals surface area contributed by atoms with Gasteiger partial charge in [0.1, 0.15) is 0 Å². The van der Waals surface area contributed by atoms with E-state index in [4.69, 9.17) is 0 Å². The molecule has 0 aliphatic heterocycles. The van der Waals surface area contributed by atoms with Crippen LogP contribution in [0.2, 0.25) is 4.13 Å². The van der Waals surface area contributed by atoms with Crippen LogP contribution in [0, 0.1) is 0 Å². The summed E-state index contributed by atoms with van der Waals surface area (Å²) in [7, 11) is 3.62. The van der Waals surface area contributed by atoms with Crippen molar-refractivity contribution < 1.29 is 23.2 Å². The molecule has 0 amide bonds. The molecule has 0 aromatic heterocycles. The average Bonchev–Trinajstić information content (AvgIpc) is 2.98. The fourth-order valence-corrected chi connectivity index (χ4v) is 3.53. The van der Waals surface area contributed by atoms with Crippen molar-refractivity contribution in [2.45, 2.75) is 30.3 Å². The number of allylic oxidation sites excluding steroid dienone is 4.